The number of hydrogen-bond acceptors (Lipinski definition) is 4. The molecule has 3 amide bonds. The molecule has 0 bridgehead atoms. The van der Waals surface area contributed by atoms with Gasteiger partial charge in [-0.15, -0.1) is 11.3 Å². The van der Waals surface area contributed by atoms with E-state index in [0.29, 0.717) is 18.0 Å². The normalized spacial score (nSPS) is 17.9. The average molecular weight is 365 g/mol. The van der Waals surface area contributed by atoms with E-state index in [1.54, 1.807) is 18.0 Å². The zero-order valence-corrected chi connectivity index (χ0v) is 16.2. The summed E-state index contributed by atoms with van der Waals surface area (Å²) in [7, 11) is 1.64. The first kappa shape index (κ1) is 19.4. The van der Waals surface area contributed by atoms with Crippen LogP contribution >= 0.6 is 11.3 Å². The van der Waals surface area contributed by atoms with Crippen LogP contribution in [0.4, 0.5) is 0 Å². The fourth-order valence-electron chi connectivity index (χ4n) is 2.98. The third kappa shape index (κ3) is 5.56. The number of likely N-dealkylation sites (N-methyl/N-ethyl adjacent to an activating group) is 1. The van der Waals surface area contributed by atoms with E-state index in [-0.39, 0.29) is 35.7 Å². The van der Waals surface area contributed by atoms with E-state index in [0.717, 1.165) is 12.8 Å². The second kappa shape index (κ2) is 7.99. The summed E-state index contributed by atoms with van der Waals surface area (Å²) in [6.07, 6.45) is 1.55. The van der Waals surface area contributed by atoms with E-state index in [2.05, 4.69) is 5.32 Å². The highest BCUT2D eigenvalue weighted by molar-refractivity contribution is 7.12. The lowest BCUT2D eigenvalue weighted by Crippen LogP contribution is -2.49. The van der Waals surface area contributed by atoms with Crippen molar-refractivity contribution in [3.8, 4) is 0 Å². The fraction of sp³-hybridized carbons (Fsp3) is 0.611. The Morgan fingerprint density at radius 1 is 1.36 bits per heavy atom. The van der Waals surface area contributed by atoms with Gasteiger partial charge in [-0.25, -0.2) is 0 Å². The highest BCUT2D eigenvalue weighted by atomic mass is 32.1. The van der Waals surface area contributed by atoms with Crippen LogP contribution in [0.15, 0.2) is 17.5 Å². The van der Waals surface area contributed by atoms with Gasteiger partial charge < -0.3 is 15.1 Å². The van der Waals surface area contributed by atoms with Crippen molar-refractivity contribution in [3.05, 3.63) is 22.4 Å². The van der Waals surface area contributed by atoms with Gasteiger partial charge in [-0.05, 0) is 45.1 Å². The van der Waals surface area contributed by atoms with E-state index in [9.17, 15) is 14.4 Å². The van der Waals surface area contributed by atoms with Crippen LogP contribution in [0, 0.1) is 5.92 Å². The average Bonchev–Trinajstić information content (AvgIpc) is 3.06. The van der Waals surface area contributed by atoms with E-state index in [1.807, 2.05) is 32.2 Å². The zero-order valence-electron chi connectivity index (χ0n) is 15.4. The molecule has 1 aromatic heterocycles. The summed E-state index contributed by atoms with van der Waals surface area (Å²) in [5.41, 5.74) is -0.324. The maximum atomic E-state index is 12.7. The molecule has 0 aliphatic carbocycles. The van der Waals surface area contributed by atoms with Crippen molar-refractivity contribution in [1.29, 1.82) is 0 Å². The standard InChI is InChI=1S/C18H27N3O3S/c1-18(2,3)19-15(22)12-20(4)16(23)13-7-5-9-21(11-13)17(24)14-8-6-10-25-14/h6,8,10,13H,5,7,9,11-12H2,1-4H3,(H,19,22)/t13-/m1/s1. The number of piperidine rings is 1. The Morgan fingerprint density at radius 2 is 2.08 bits per heavy atom. The molecule has 1 atom stereocenters. The van der Waals surface area contributed by atoms with E-state index >= 15 is 0 Å². The van der Waals surface area contributed by atoms with Crippen molar-refractivity contribution in [3.63, 3.8) is 0 Å². The molecule has 0 radical (unpaired) electrons. The molecule has 6 nitrogen and oxygen atoms in total. The van der Waals surface area contributed by atoms with Crippen LogP contribution in [0.3, 0.4) is 0 Å². The number of nitrogens with one attached hydrogen (secondary N) is 1. The Labute approximate surface area is 153 Å². The summed E-state index contributed by atoms with van der Waals surface area (Å²) in [4.78, 5) is 41.1. The lowest BCUT2D eigenvalue weighted by molar-refractivity contribution is -0.139. The highest BCUT2D eigenvalue weighted by Crippen LogP contribution is 2.21. The van der Waals surface area contributed by atoms with Crippen molar-refractivity contribution >= 4 is 29.1 Å². The molecule has 1 aliphatic rings. The van der Waals surface area contributed by atoms with E-state index < -0.39 is 0 Å². The summed E-state index contributed by atoms with van der Waals surface area (Å²) < 4.78 is 0. The van der Waals surface area contributed by atoms with Crippen molar-refractivity contribution in [2.45, 2.75) is 39.2 Å². The zero-order chi connectivity index (χ0) is 18.6. The number of hydrogen-bond donors (Lipinski definition) is 1. The number of carbonyl (C=O) groups excluding carboxylic acids is 3. The maximum Gasteiger partial charge on any atom is 0.263 e. The summed E-state index contributed by atoms with van der Waals surface area (Å²) in [5.74, 6) is -0.510. The number of nitrogens with zero attached hydrogens (tertiary/aromatic N) is 2. The maximum absolute atomic E-state index is 12.7. The minimum absolute atomic E-state index is 0.0133. The largest absolute Gasteiger partial charge is 0.350 e. The molecular weight excluding hydrogens is 338 g/mol. The first-order valence-corrected chi connectivity index (χ1v) is 9.44. The predicted octanol–water partition coefficient (Wildman–Crippen LogP) is 1.97. The first-order chi connectivity index (χ1) is 11.7. The third-order valence-corrected chi connectivity index (χ3v) is 4.92. The number of rotatable bonds is 4. The van der Waals surface area contributed by atoms with Crippen LogP contribution in [0.1, 0.15) is 43.3 Å². The number of carbonyl (C=O) groups is 3. The van der Waals surface area contributed by atoms with Crippen molar-refractivity contribution in [2.75, 3.05) is 26.7 Å². The second-order valence-electron chi connectivity index (χ2n) is 7.56. The van der Waals surface area contributed by atoms with Gasteiger partial charge in [-0.3, -0.25) is 14.4 Å². The third-order valence-electron chi connectivity index (χ3n) is 4.06. The van der Waals surface area contributed by atoms with Gasteiger partial charge >= 0.3 is 0 Å². The molecule has 1 aromatic rings. The fourth-order valence-corrected chi connectivity index (χ4v) is 3.67. The van der Waals surface area contributed by atoms with Crippen LogP contribution < -0.4 is 5.32 Å². The van der Waals surface area contributed by atoms with Gasteiger partial charge in [-0.1, -0.05) is 6.07 Å². The quantitative estimate of drug-likeness (QED) is 0.887. The molecule has 1 saturated heterocycles. The van der Waals surface area contributed by atoms with Crippen LogP contribution in [-0.2, 0) is 9.59 Å². The number of thiophene rings is 1. The Hall–Kier alpha value is -1.89. The van der Waals surface area contributed by atoms with Gasteiger partial charge in [0, 0.05) is 25.7 Å². The summed E-state index contributed by atoms with van der Waals surface area (Å²) in [6.45, 7) is 6.84. The number of likely N-dealkylation sites (tertiary alicyclic amines) is 1. The second-order valence-corrected chi connectivity index (χ2v) is 8.51. The van der Waals surface area contributed by atoms with Crippen LogP contribution in [-0.4, -0.2) is 59.7 Å². The molecule has 25 heavy (non-hydrogen) atoms. The first-order valence-electron chi connectivity index (χ1n) is 8.56. The molecule has 138 valence electrons. The summed E-state index contributed by atoms with van der Waals surface area (Å²) in [5, 5.41) is 4.73. The Bertz CT molecular complexity index is 622. The van der Waals surface area contributed by atoms with Crippen molar-refractivity contribution in [2.24, 2.45) is 5.92 Å². The minimum Gasteiger partial charge on any atom is -0.350 e. The Morgan fingerprint density at radius 3 is 2.68 bits per heavy atom. The highest BCUT2D eigenvalue weighted by Gasteiger charge is 2.31. The molecule has 1 fully saturated rings. The van der Waals surface area contributed by atoms with Crippen molar-refractivity contribution < 1.29 is 14.4 Å². The summed E-state index contributed by atoms with van der Waals surface area (Å²) >= 11 is 1.41. The molecule has 0 spiro atoms. The number of amides is 3. The van der Waals surface area contributed by atoms with Gasteiger partial charge in [0.25, 0.3) is 5.91 Å². The van der Waals surface area contributed by atoms with Gasteiger partial charge in [0.05, 0.1) is 17.3 Å². The van der Waals surface area contributed by atoms with Gasteiger partial charge in [0.15, 0.2) is 0 Å². The lowest BCUT2D eigenvalue weighted by atomic mass is 9.96. The lowest BCUT2D eigenvalue weighted by Gasteiger charge is -2.34. The molecular formula is C18H27N3O3S. The topological polar surface area (TPSA) is 69.7 Å². The molecule has 0 aromatic carbocycles. The Kier molecular flexibility index (Phi) is 6.21. The molecule has 2 heterocycles. The monoisotopic (exact) mass is 365 g/mol. The molecule has 0 unspecified atom stereocenters. The molecule has 7 heteroatoms. The predicted molar refractivity (Wildman–Crippen MR) is 98.5 cm³/mol. The van der Waals surface area contributed by atoms with Crippen molar-refractivity contribution in [1.82, 2.24) is 15.1 Å². The van der Waals surface area contributed by atoms with Gasteiger partial charge in [-0.2, -0.15) is 0 Å². The summed E-state index contributed by atoms with van der Waals surface area (Å²) in [6, 6.07) is 3.66. The van der Waals surface area contributed by atoms with Crippen LogP contribution in [0.5, 0.6) is 0 Å². The van der Waals surface area contributed by atoms with E-state index in [1.165, 1.54) is 16.2 Å². The van der Waals surface area contributed by atoms with Crippen LogP contribution in [0.25, 0.3) is 0 Å². The van der Waals surface area contributed by atoms with E-state index in [4.69, 9.17) is 0 Å². The molecule has 1 N–H and O–H groups in total. The molecule has 0 saturated carbocycles. The van der Waals surface area contributed by atoms with Gasteiger partial charge in [0.1, 0.15) is 0 Å². The Balaban J connectivity index is 1.92. The molecule has 2 rings (SSSR count). The SMILES string of the molecule is CN(CC(=O)NC(C)(C)C)C(=O)[C@@H]1CCCN(C(=O)c2cccs2)C1. The smallest absolute Gasteiger partial charge is 0.263 e. The molecule has 1 aliphatic heterocycles. The van der Waals surface area contributed by atoms with Gasteiger partial charge in [0.2, 0.25) is 11.8 Å². The minimum atomic E-state index is -0.324. The van der Waals surface area contributed by atoms with Crippen LogP contribution in [0.2, 0.25) is 0 Å².